The smallest absolute Gasteiger partial charge is 0.340 e. The number of aromatic nitrogens is 3. The van der Waals surface area contributed by atoms with Crippen LogP contribution in [0.5, 0.6) is 5.75 Å². The number of halogens is 2. The van der Waals surface area contributed by atoms with E-state index in [2.05, 4.69) is 15.4 Å². The number of ether oxygens (including phenoxy) is 3. The van der Waals surface area contributed by atoms with Crippen molar-refractivity contribution in [2.24, 2.45) is 0 Å². The molecule has 0 saturated carbocycles. The number of rotatable bonds is 10. The lowest BCUT2D eigenvalue weighted by Crippen LogP contribution is -2.31. The minimum atomic E-state index is -1.26. The monoisotopic (exact) mass is 648 g/mol. The number of carbonyl (C=O) groups is 3. The van der Waals surface area contributed by atoms with Crippen LogP contribution in [0.25, 0.3) is 16.9 Å². The van der Waals surface area contributed by atoms with E-state index in [1.54, 1.807) is 34.6 Å². The number of fused-ring (bicyclic) bond motifs is 2. The molecule has 0 spiro atoms. The Kier molecular flexibility index (Phi) is 9.71. The number of amides is 1. The van der Waals surface area contributed by atoms with E-state index in [0.29, 0.717) is 53.1 Å². The summed E-state index contributed by atoms with van der Waals surface area (Å²) in [6, 6.07) is 8.34. The molecular weight excluding hydrogens is 610 g/mol. The highest BCUT2D eigenvalue weighted by Crippen LogP contribution is 2.41. The van der Waals surface area contributed by atoms with Crippen molar-refractivity contribution in [3.05, 3.63) is 81.7 Å². The number of Topliss-reactive ketones (excluding diaryl/α,β-unsaturated/α-hetero) is 1. The molecule has 4 aromatic rings. The van der Waals surface area contributed by atoms with Crippen molar-refractivity contribution in [1.29, 1.82) is 0 Å². The van der Waals surface area contributed by atoms with Crippen molar-refractivity contribution in [1.82, 2.24) is 19.9 Å². The van der Waals surface area contributed by atoms with Crippen molar-refractivity contribution in [2.45, 2.75) is 72.5 Å². The third-order valence-corrected chi connectivity index (χ3v) is 7.75. The number of hydrogen-bond acceptors (Lipinski definition) is 8. The van der Waals surface area contributed by atoms with Gasteiger partial charge in [-0.2, -0.15) is 5.10 Å². The van der Waals surface area contributed by atoms with Crippen molar-refractivity contribution in [2.75, 3.05) is 19.8 Å². The van der Waals surface area contributed by atoms with Crippen LogP contribution in [-0.4, -0.2) is 57.6 Å². The van der Waals surface area contributed by atoms with Crippen molar-refractivity contribution in [3.63, 3.8) is 0 Å². The summed E-state index contributed by atoms with van der Waals surface area (Å²) in [5.74, 6) is -2.36. The zero-order chi connectivity index (χ0) is 34.0. The van der Waals surface area contributed by atoms with Gasteiger partial charge in [-0.05, 0) is 83.7 Å². The number of benzene rings is 2. The normalized spacial score (nSPS) is 13.5. The molecule has 12 heteroatoms. The average molecular weight is 649 g/mol. The van der Waals surface area contributed by atoms with Crippen LogP contribution in [0.15, 0.2) is 36.4 Å². The van der Waals surface area contributed by atoms with Gasteiger partial charge in [0.1, 0.15) is 5.82 Å². The van der Waals surface area contributed by atoms with Crippen molar-refractivity contribution < 1.29 is 37.4 Å². The SMILES string of the molecule is CCOC(=O)[C@@H](OC(C)(C)C)c1c(C)nc2cc(C(=O)NCC(=O)Cc3ccc(F)cc3)nn2c1-c1cc(F)c2c(c1C)CCCO2. The second-order valence-electron chi connectivity index (χ2n) is 12.4. The molecule has 0 radical (unpaired) electrons. The van der Waals surface area contributed by atoms with Crippen LogP contribution < -0.4 is 10.1 Å². The van der Waals surface area contributed by atoms with Gasteiger partial charge in [0.2, 0.25) is 0 Å². The number of ketones is 1. The van der Waals surface area contributed by atoms with Gasteiger partial charge in [0, 0.05) is 34.9 Å². The molecule has 2 aromatic carbocycles. The molecule has 1 aliphatic rings. The second-order valence-corrected chi connectivity index (χ2v) is 12.4. The minimum Gasteiger partial charge on any atom is -0.490 e. The van der Waals surface area contributed by atoms with E-state index < -0.39 is 35.2 Å². The molecule has 248 valence electrons. The first kappa shape index (κ1) is 33.6. The van der Waals surface area contributed by atoms with Gasteiger partial charge in [0.05, 0.1) is 31.1 Å². The molecule has 0 aliphatic carbocycles. The predicted molar refractivity (Wildman–Crippen MR) is 169 cm³/mol. The van der Waals surface area contributed by atoms with Crippen LogP contribution in [-0.2, 0) is 31.9 Å². The van der Waals surface area contributed by atoms with Crippen LogP contribution in [0.3, 0.4) is 0 Å². The first-order valence-corrected chi connectivity index (χ1v) is 15.5. The summed E-state index contributed by atoms with van der Waals surface area (Å²) in [7, 11) is 0. The van der Waals surface area contributed by atoms with Crippen LogP contribution in [0.1, 0.15) is 78.7 Å². The fourth-order valence-electron chi connectivity index (χ4n) is 5.68. The molecule has 0 unspecified atom stereocenters. The zero-order valence-electron chi connectivity index (χ0n) is 27.3. The number of hydrogen-bond donors (Lipinski definition) is 1. The van der Waals surface area contributed by atoms with E-state index in [9.17, 15) is 18.8 Å². The fraction of sp³-hybridized carbons (Fsp3) is 0.400. The summed E-state index contributed by atoms with van der Waals surface area (Å²) >= 11 is 0. The molecule has 3 heterocycles. The maximum Gasteiger partial charge on any atom is 0.340 e. The number of nitrogens with one attached hydrogen (secondary N) is 1. The van der Waals surface area contributed by atoms with Gasteiger partial charge in [-0.1, -0.05) is 12.1 Å². The van der Waals surface area contributed by atoms with E-state index in [0.717, 1.165) is 5.56 Å². The Bertz CT molecular complexity index is 1850. The summed E-state index contributed by atoms with van der Waals surface area (Å²) in [6.07, 6.45) is 0.0454. The summed E-state index contributed by atoms with van der Waals surface area (Å²) in [4.78, 5) is 44.0. The van der Waals surface area contributed by atoms with Gasteiger partial charge in [-0.3, -0.25) is 9.59 Å². The largest absolute Gasteiger partial charge is 0.490 e. The van der Waals surface area contributed by atoms with Gasteiger partial charge in [0.25, 0.3) is 5.91 Å². The van der Waals surface area contributed by atoms with E-state index >= 15 is 4.39 Å². The van der Waals surface area contributed by atoms with Crippen molar-refractivity contribution in [3.8, 4) is 17.0 Å². The lowest BCUT2D eigenvalue weighted by molar-refractivity contribution is -0.166. The molecule has 0 bridgehead atoms. The quantitative estimate of drug-likeness (QED) is 0.222. The van der Waals surface area contributed by atoms with Gasteiger partial charge >= 0.3 is 5.97 Å². The van der Waals surface area contributed by atoms with Gasteiger partial charge < -0.3 is 19.5 Å². The molecular formula is C35H38F2N4O6. The first-order valence-electron chi connectivity index (χ1n) is 15.5. The Labute approximate surface area is 271 Å². The molecule has 10 nitrogen and oxygen atoms in total. The second kappa shape index (κ2) is 13.6. The Morgan fingerprint density at radius 2 is 1.83 bits per heavy atom. The molecule has 0 saturated heterocycles. The number of aryl methyl sites for hydroxylation is 1. The number of carbonyl (C=O) groups excluding carboxylic acids is 3. The molecule has 47 heavy (non-hydrogen) atoms. The van der Waals surface area contributed by atoms with Gasteiger partial charge in [-0.15, -0.1) is 0 Å². The molecule has 5 rings (SSSR count). The standard InChI is InChI=1S/C35H38F2N4O6/c1-7-45-34(44)32(47-35(4,5)6)29-20(3)39-28-17-27(33(43)38-18-23(42)15-21-10-12-22(36)13-11-21)40-41(28)30(29)25-16-26(37)31-24(19(25)2)9-8-14-46-31/h10-13,16-17,32H,7-9,14-15,18H2,1-6H3,(H,38,43)/t32-/m0/s1. The molecule has 0 fully saturated rings. The molecule has 1 aliphatic heterocycles. The third kappa shape index (κ3) is 7.32. The fourth-order valence-corrected chi connectivity index (χ4v) is 5.68. The predicted octanol–water partition coefficient (Wildman–Crippen LogP) is 5.58. The number of nitrogens with zero attached hydrogens (tertiary/aromatic N) is 3. The lowest BCUT2D eigenvalue weighted by atomic mass is 9.91. The summed E-state index contributed by atoms with van der Waals surface area (Å²) in [6.45, 7) is 10.9. The Morgan fingerprint density at radius 3 is 2.51 bits per heavy atom. The number of esters is 1. The summed E-state index contributed by atoms with van der Waals surface area (Å²) in [5.41, 5.74) is 2.90. The van der Waals surface area contributed by atoms with Crippen LogP contribution in [0.4, 0.5) is 8.78 Å². The maximum atomic E-state index is 15.7. The third-order valence-electron chi connectivity index (χ3n) is 7.75. The molecule has 1 amide bonds. The minimum absolute atomic E-state index is 0.00981. The van der Waals surface area contributed by atoms with Gasteiger partial charge in [-0.25, -0.2) is 23.1 Å². The highest BCUT2D eigenvalue weighted by atomic mass is 19.1. The highest BCUT2D eigenvalue weighted by molar-refractivity contribution is 5.96. The Hall–Kier alpha value is -4.71. The Morgan fingerprint density at radius 1 is 1.11 bits per heavy atom. The average Bonchev–Trinajstić information content (AvgIpc) is 3.44. The molecule has 2 aromatic heterocycles. The highest BCUT2D eigenvalue weighted by Gasteiger charge is 2.36. The van der Waals surface area contributed by atoms with Crippen LogP contribution >= 0.6 is 0 Å². The Balaban J connectivity index is 1.62. The van der Waals surface area contributed by atoms with Gasteiger partial charge in [0.15, 0.2) is 34.8 Å². The molecule has 1 N–H and O–H groups in total. The van der Waals surface area contributed by atoms with Crippen molar-refractivity contribution >= 4 is 23.3 Å². The van der Waals surface area contributed by atoms with E-state index in [-0.39, 0.29) is 42.4 Å². The summed E-state index contributed by atoms with van der Waals surface area (Å²) < 4.78 is 47.7. The molecule has 1 atom stereocenters. The maximum absolute atomic E-state index is 15.7. The van der Waals surface area contributed by atoms with E-state index in [1.807, 2.05) is 6.92 Å². The van der Waals surface area contributed by atoms with E-state index in [1.165, 1.54) is 40.9 Å². The summed E-state index contributed by atoms with van der Waals surface area (Å²) in [5, 5.41) is 7.15. The first-order chi connectivity index (χ1) is 22.3. The lowest BCUT2D eigenvalue weighted by Gasteiger charge is -2.29. The van der Waals surface area contributed by atoms with Crippen LogP contribution in [0, 0.1) is 25.5 Å². The topological polar surface area (TPSA) is 121 Å². The van der Waals surface area contributed by atoms with E-state index in [4.69, 9.17) is 14.2 Å². The van der Waals surface area contributed by atoms with Crippen LogP contribution in [0.2, 0.25) is 0 Å². The zero-order valence-corrected chi connectivity index (χ0v) is 27.3.